The molecule has 3 aromatic rings. The van der Waals surface area contributed by atoms with Crippen LogP contribution in [0.5, 0.6) is 0 Å². The van der Waals surface area contributed by atoms with E-state index in [0.717, 1.165) is 25.9 Å². The van der Waals surface area contributed by atoms with Crippen LogP contribution in [0.2, 0.25) is 0 Å². The van der Waals surface area contributed by atoms with Crippen molar-refractivity contribution in [3.8, 4) is 5.82 Å². The van der Waals surface area contributed by atoms with Gasteiger partial charge in [-0.15, -0.1) is 11.3 Å². The number of hydrogen-bond donors (Lipinski definition) is 0. The summed E-state index contributed by atoms with van der Waals surface area (Å²) in [7, 11) is 0. The maximum atomic E-state index is 12.7. The van der Waals surface area contributed by atoms with E-state index < -0.39 is 0 Å². The van der Waals surface area contributed by atoms with Crippen LogP contribution in [0, 0.1) is 0 Å². The van der Waals surface area contributed by atoms with Crippen molar-refractivity contribution < 1.29 is 4.79 Å². The monoisotopic (exact) mass is 353 g/mol. The zero-order chi connectivity index (χ0) is 17.3. The predicted molar refractivity (Wildman–Crippen MR) is 96.0 cm³/mol. The van der Waals surface area contributed by atoms with E-state index in [0.29, 0.717) is 11.4 Å². The summed E-state index contributed by atoms with van der Waals surface area (Å²) in [5.41, 5.74) is 0.696. The van der Waals surface area contributed by atoms with E-state index in [-0.39, 0.29) is 11.3 Å². The number of aromatic nitrogens is 4. The highest BCUT2D eigenvalue weighted by atomic mass is 32.1. The first-order valence-electron chi connectivity index (χ1n) is 8.31. The number of amides is 1. The van der Waals surface area contributed by atoms with Crippen LogP contribution in [0.25, 0.3) is 5.82 Å². The number of pyridine rings is 1. The summed E-state index contributed by atoms with van der Waals surface area (Å²) in [5, 5.41) is 7.33. The van der Waals surface area contributed by atoms with Gasteiger partial charge in [-0.2, -0.15) is 5.10 Å². The molecule has 0 radical (unpaired) electrons. The minimum Gasteiger partial charge on any atom is -0.339 e. The fourth-order valence-electron chi connectivity index (χ4n) is 3.17. The first kappa shape index (κ1) is 16.0. The van der Waals surface area contributed by atoms with E-state index in [4.69, 9.17) is 0 Å². The molecule has 1 saturated heterocycles. The summed E-state index contributed by atoms with van der Waals surface area (Å²) in [6.07, 6.45) is 8.89. The fourth-order valence-corrected chi connectivity index (χ4v) is 4.03. The van der Waals surface area contributed by atoms with Gasteiger partial charge < -0.3 is 4.90 Å². The first-order chi connectivity index (χ1) is 12.2. The number of nitrogens with zero attached hydrogens (tertiary/aromatic N) is 5. The number of likely N-dealkylation sites (tertiary alicyclic amines) is 1. The van der Waals surface area contributed by atoms with Gasteiger partial charge in [0.2, 0.25) is 0 Å². The van der Waals surface area contributed by atoms with Gasteiger partial charge >= 0.3 is 0 Å². The van der Waals surface area contributed by atoms with Crippen LogP contribution in [-0.2, 0) is 5.41 Å². The number of carbonyl (C=O) groups is 1. The molecule has 0 aromatic carbocycles. The molecule has 1 aliphatic heterocycles. The van der Waals surface area contributed by atoms with Crippen LogP contribution in [0.4, 0.5) is 0 Å². The average Bonchev–Trinajstić information content (AvgIpc) is 3.36. The van der Waals surface area contributed by atoms with Gasteiger partial charge in [0, 0.05) is 48.7 Å². The molecule has 0 saturated carbocycles. The Morgan fingerprint density at radius 1 is 1.20 bits per heavy atom. The van der Waals surface area contributed by atoms with Gasteiger partial charge in [-0.25, -0.2) is 14.6 Å². The van der Waals surface area contributed by atoms with Gasteiger partial charge in [-0.1, -0.05) is 6.92 Å². The Hall–Kier alpha value is -2.54. The summed E-state index contributed by atoms with van der Waals surface area (Å²) in [4.78, 5) is 23.5. The molecular weight excluding hydrogens is 334 g/mol. The number of thiazole rings is 1. The molecule has 128 valence electrons. The lowest BCUT2D eigenvalue weighted by Crippen LogP contribution is -2.43. The first-order valence-corrected chi connectivity index (χ1v) is 9.19. The van der Waals surface area contributed by atoms with Crippen LogP contribution in [0.1, 0.15) is 35.1 Å². The number of piperidine rings is 1. The molecular formula is C18H19N5OS. The Kier molecular flexibility index (Phi) is 4.09. The number of carbonyl (C=O) groups excluding carboxylic acids is 1. The SMILES string of the molecule is CC1(c2nccs2)CCN(C(=O)c2ccc(-n3cccn3)nc2)CC1. The lowest BCUT2D eigenvalue weighted by Gasteiger charge is -2.38. The highest BCUT2D eigenvalue weighted by Crippen LogP contribution is 2.36. The highest BCUT2D eigenvalue weighted by Gasteiger charge is 2.35. The molecule has 3 aromatic heterocycles. The molecule has 1 amide bonds. The molecule has 0 spiro atoms. The Balaban J connectivity index is 1.44. The Labute approximate surface area is 150 Å². The number of rotatable bonds is 3. The van der Waals surface area contributed by atoms with Crippen molar-refractivity contribution in [3.63, 3.8) is 0 Å². The second-order valence-corrected chi connectivity index (χ2v) is 7.44. The van der Waals surface area contributed by atoms with Gasteiger partial charge in [0.1, 0.15) is 0 Å². The predicted octanol–water partition coefficient (Wildman–Crippen LogP) is 2.92. The third-order valence-electron chi connectivity index (χ3n) is 4.84. The number of hydrogen-bond acceptors (Lipinski definition) is 5. The molecule has 25 heavy (non-hydrogen) atoms. The lowest BCUT2D eigenvalue weighted by molar-refractivity contribution is 0.0675. The van der Waals surface area contributed by atoms with Crippen LogP contribution < -0.4 is 0 Å². The van der Waals surface area contributed by atoms with Crippen LogP contribution in [-0.4, -0.2) is 43.6 Å². The minimum atomic E-state index is 0.0423. The molecule has 0 aliphatic carbocycles. The fraction of sp³-hybridized carbons (Fsp3) is 0.333. The highest BCUT2D eigenvalue weighted by molar-refractivity contribution is 7.09. The van der Waals surface area contributed by atoms with Crippen LogP contribution in [0.3, 0.4) is 0 Å². The zero-order valence-electron chi connectivity index (χ0n) is 14.0. The summed E-state index contributed by atoms with van der Waals surface area (Å²) in [6.45, 7) is 3.74. The molecule has 4 rings (SSSR count). The molecule has 7 heteroatoms. The van der Waals surface area contributed by atoms with Crippen molar-refractivity contribution in [1.82, 2.24) is 24.6 Å². The van der Waals surface area contributed by atoms with Gasteiger partial charge in [-0.3, -0.25) is 4.79 Å². The second kappa shape index (κ2) is 6.40. The van der Waals surface area contributed by atoms with Gasteiger partial charge in [-0.05, 0) is 31.0 Å². The van der Waals surface area contributed by atoms with Crippen LogP contribution in [0.15, 0.2) is 48.4 Å². The zero-order valence-corrected chi connectivity index (χ0v) is 14.8. The summed E-state index contributed by atoms with van der Waals surface area (Å²) in [5.74, 6) is 0.747. The molecule has 6 nitrogen and oxygen atoms in total. The molecule has 0 unspecified atom stereocenters. The van der Waals surface area contributed by atoms with Gasteiger partial charge in [0.25, 0.3) is 5.91 Å². The van der Waals surface area contributed by atoms with Crippen molar-refractivity contribution in [1.29, 1.82) is 0 Å². The van der Waals surface area contributed by atoms with E-state index in [1.54, 1.807) is 28.4 Å². The molecule has 1 fully saturated rings. The minimum absolute atomic E-state index is 0.0423. The van der Waals surface area contributed by atoms with Crippen molar-refractivity contribution in [3.05, 3.63) is 58.9 Å². The standard InChI is InChI=1S/C18H19N5OS/c1-18(17-19-8-12-25-17)5-10-22(11-6-18)16(24)14-3-4-15(20-13-14)23-9-2-7-21-23/h2-4,7-9,12-13H,5-6,10-11H2,1H3. The van der Waals surface area contributed by atoms with Gasteiger partial charge in [0.15, 0.2) is 5.82 Å². The largest absolute Gasteiger partial charge is 0.339 e. The van der Waals surface area contributed by atoms with Crippen LogP contribution >= 0.6 is 11.3 Å². The molecule has 4 heterocycles. The van der Waals surface area contributed by atoms with E-state index in [1.807, 2.05) is 40.9 Å². The smallest absolute Gasteiger partial charge is 0.255 e. The summed E-state index contributed by atoms with van der Waals surface area (Å²) < 4.78 is 1.68. The maximum Gasteiger partial charge on any atom is 0.255 e. The topological polar surface area (TPSA) is 63.9 Å². The molecule has 0 N–H and O–H groups in total. The molecule has 0 bridgehead atoms. The Morgan fingerprint density at radius 3 is 2.64 bits per heavy atom. The van der Waals surface area contributed by atoms with E-state index >= 15 is 0 Å². The van der Waals surface area contributed by atoms with Crippen molar-refractivity contribution in [2.75, 3.05) is 13.1 Å². The average molecular weight is 353 g/mol. The van der Waals surface area contributed by atoms with E-state index in [1.165, 1.54) is 5.01 Å². The normalized spacial score (nSPS) is 16.8. The third kappa shape index (κ3) is 3.07. The quantitative estimate of drug-likeness (QED) is 0.726. The van der Waals surface area contributed by atoms with E-state index in [9.17, 15) is 4.79 Å². The van der Waals surface area contributed by atoms with Crippen molar-refractivity contribution in [2.45, 2.75) is 25.2 Å². The molecule has 1 aliphatic rings. The Morgan fingerprint density at radius 2 is 2.04 bits per heavy atom. The second-order valence-electron chi connectivity index (χ2n) is 6.55. The summed E-state index contributed by atoms with van der Waals surface area (Å²) in [6, 6.07) is 5.48. The van der Waals surface area contributed by atoms with E-state index in [2.05, 4.69) is 22.0 Å². The molecule has 0 atom stereocenters. The lowest BCUT2D eigenvalue weighted by atomic mass is 9.81. The Bertz CT molecular complexity index is 834. The maximum absolute atomic E-state index is 12.7. The van der Waals surface area contributed by atoms with Crippen molar-refractivity contribution >= 4 is 17.2 Å². The van der Waals surface area contributed by atoms with Crippen molar-refractivity contribution in [2.24, 2.45) is 0 Å². The third-order valence-corrected chi connectivity index (χ3v) is 5.92. The van der Waals surface area contributed by atoms with Gasteiger partial charge in [0.05, 0.1) is 10.6 Å². The summed E-state index contributed by atoms with van der Waals surface area (Å²) >= 11 is 1.70.